The van der Waals surface area contributed by atoms with Gasteiger partial charge in [0.1, 0.15) is 0 Å². The quantitative estimate of drug-likeness (QED) is 0.637. The van der Waals surface area contributed by atoms with E-state index in [9.17, 15) is 0 Å². The molecule has 2 N–H and O–H groups in total. The van der Waals surface area contributed by atoms with Gasteiger partial charge >= 0.3 is 0 Å². The highest BCUT2D eigenvalue weighted by atomic mass is 16.5. The molecule has 0 spiro atoms. The Bertz CT molecular complexity index is 205. The fourth-order valence-corrected chi connectivity index (χ4v) is 0.989. The molecular weight excluding hydrogens is 142 g/mol. The van der Waals surface area contributed by atoms with E-state index in [1.807, 2.05) is 6.20 Å². The average Bonchev–Trinajstić information content (AvgIpc) is 2.36. The lowest BCUT2D eigenvalue weighted by Crippen LogP contribution is -2.45. The van der Waals surface area contributed by atoms with E-state index in [1.165, 1.54) is 0 Å². The molecule has 1 fully saturated rings. The van der Waals surface area contributed by atoms with E-state index in [-0.39, 0.29) is 0 Å². The Labute approximate surface area is 65.0 Å². The van der Waals surface area contributed by atoms with Gasteiger partial charge in [-0.3, -0.25) is 0 Å². The molecule has 0 saturated carbocycles. The van der Waals surface area contributed by atoms with Crippen LogP contribution in [-0.4, -0.2) is 29.2 Å². The molecule has 0 atom stereocenters. The van der Waals surface area contributed by atoms with Crippen molar-refractivity contribution in [1.29, 1.82) is 0 Å². The molecule has 0 bridgehead atoms. The number of hydrogen-bond donors (Lipinski definition) is 2. The summed E-state index contributed by atoms with van der Waals surface area (Å²) in [7, 11) is 0. The second kappa shape index (κ2) is 3.02. The van der Waals surface area contributed by atoms with Crippen LogP contribution < -0.4 is 5.32 Å². The summed E-state index contributed by atoms with van der Waals surface area (Å²) in [6.45, 7) is 2.54. The monoisotopic (exact) mass is 153 g/mol. The molecule has 0 amide bonds. The lowest BCUT2D eigenvalue weighted by Gasteiger charge is -2.26. The summed E-state index contributed by atoms with van der Waals surface area (Å²) >= 11 is 0. The molecule has 0 unspecified atom stereocenters. The maximum absolute atomic E-state index is 5.02. The van der Waals surface area contributed by atoms with Crippen molar-refractivity contribution in [3.63, 3.8) is 0 Å². The van der Waals surface area contributed by atoms with Gasteiger partial charge in [0.2, 0.25) is 0 Å². The molecule has 4 heteroatoms. The number of nitrogens with zero attached hydrogens (tertiary/aromatic N) is 1. The van der Waals surface area contributed by atoms with Crippen LogP contribution in [0.1, 0.15) is 5.69 Å². The topological polar surface area (TPSA) is 49.9 Å². The number of rotatable bonds is 3. The highest BCUT2D eigenvalue weighted by Gasteiger charge is 2.16. The molecule has 2 rings (SSSR count). The number of ether oxygens (including phenoxy) is 1. The Morgan fingerprint density at radius 1 is 1.73 bits per heavy atom. The highest BCUT2D eigenvalue weighted by molar-refractivity contribution is 4.94. The molecule has 0 aliphatic carbocycles. The average molecular weight is 153 g/mol. The minimum absolute atomic E-state index is 0.540. The predicted molar refractivity (Wildman–Crippen MR) is 40.0 cm³/mol. The van der Waals surface area contributed by atoms with Crippen LogP contribution in [-0.2, 0) is 11.3 Å². The third kappa shape index (κ3) is 1.58. The molecule has 4 nitrogen and oxygen atoms in total. The van der Waals surface area contributed by atoms with Crippen molar-refractivity contribution in [3.05, 3.63) is 18.2 Å². The third-order valence-electron chi connectivity index (χ3n) is 1.77. The number of aromatic amines is 1. The Hall–Kier alpha value is -0.870. The Morgan fingerprint density at radius 3 is 3.18 bits per heavy atom. The fourth-order valence-electron chi connectivity index (χ4n) is 0.989. The first-order chi connectivity index (χ1) is 5.45. The van der Waals surface area contributed by atoms with Crippen molar-refractivity contribution in [2.24, 2.45) is 0 Å². The lowest BCUT2D eigenvalue weighted by atomic mass is 10.2. The number of H-pyrrole nitrogens is 1. The van der Waals surface area contributed by atoms with Gasteiger partial charge in [-0.15, -0.1) is 0 Å². The number of aromatic nitrogens is 2. The number of nitrogens with one attached hydrogen (secondary N) is 2. The van der Waals surface area contributed by atoms with E-state index in [2.05, 4.69) is 15.3 Å². The van der Waals surface area contributed by atoms with Crippen molar-refractivity contribution < 1.29 is 4.74 Å². The zero-order chi connectivity index (χ0) is 7.52. The van der Waals surface area contributed by atoms with Crippen LogP contribution in [0.2, 0.25) is 0 Å². The van der Waals surface area contributed by atoms with E-state index in [1.54, 1.807) is 6.33 Å². The van der Waals surface area contributed by atoms with Crippen molar-refractivity contribution in [1.82, 2.24) is 15.3 Å². The van der Waals surface area contributed by atoms with Crippen molar-refractivity contribution >= 4 is 0 Å². The zero-order valence-electron chi connectivity index (χ0n) is 6.21. The minimum atomic E-state index is 0.540. The van der Waals surface area contributed by atoms with Crippen LogP contribution >= 0.6 is 0 Å². The molecule has 60 valence electrons. The Balaban J connectivity index is 1.74. The summed E-state index contributed by atoms with van der Waals surface area (Å²) in [5.74, 6) is 0. The Morgan fingerprint density at radius 2 is 2.64 bits per heavy atom. The molecule has 1 aromatic heterocycles. The smallest absolute Gasteiger partial charge is 0.0922 e. The molecule has 0 aromatic carbocycles. The second-order valence-electron chi connectivity index (χ2n) is 2.69. The van der Waals surface area contributed by atoms with Gasteiger partial charge in [-0.2, -0.15) is 0 Å². The van der Waals surface area contributed by atoms with Crippen LogP contribution in [0.4, 0.5) is 0 Å². The first-order valence-electron chi connectivity index (χ1n) is 3.73. The lowest BCUT2D eigenvalue weighted by molar-refractivity contribution is -0.00589. The van der Waals surface area contributed by atoms with E-state index in [0.717, 1.165) is 25.5 Å². The number of hydrogen-bond acceptors (Lipinski definition) is 3. The molecule has 11 heavy (non-hydrogen) atoms. The molecule has 1 aliphatic heterocycles. The summed E-state index contributed by atoms with van der Waals surface area (Å²) in [6, 6.07) is 0.540. The van der Waals surface area contributed by atoms with Gasteiger partial charge < -0.3 is 15.0 Å². The van der Waals surface area contributed by atoms with E-state index < -0.39 is 0 Å². The van der Waals surface area contributed by atoms with Gasteiger partial charge in [-0.05, 0) is 0 Å². The van der Waals surface area contributed by atoms with E-state index in [0.29, 0.717) is 6.04 Å². The van der Waals surface area contributed by atoms with Gasteiger partial charge in [0.15, 0.2) is 0 Å². The zero-order valence-corrected chi connectivity index (χ0v) is 6.21. The summed E-state index contributed by atoms with van der Waals surface area (Å²) in [6.07, 6.45) is 3.51. The van der Waals surface area contributed by atoms with E-state index >= 15 is 0 Å². The maximum atomic E-state index is 5.02. The molecular formula is C7H11N3O. The SMILES string of the molecule is c1ncc(CNC2COC2)[nH]1. The molecule has 1 saturated heterocycles. The van der Waals surface area contributed by atoms with Gasteiger partial charge in [0.25, 0.3) is 0 Å². The molecule has 0 radical (unpaired) electrons. The van der Waals surface area contributed by atoms with Gasteiger partial charge in [0, 0.05) is 18.4 Å². The van der Waals surface area contributed by atoms with Crippen molar-refractivity contribution in [2.75, 3.05) is 13.2 Å². The molecule has 2 heterocycles. The van der Waals surface area contributed by atoms with Crippen molar-refractivity contribution in [2.45, 2.75) is 12.6 Å². The van der Waals surface area contributed by atoms with Gasteiger partial charge in [-0.1, -0.05) is 0 Å². The van der Waals surface area contributed by atoms with Crippen LogP contribution in [0, 0.1) is 0 Å². The third-order valence-corrected chi connectivity index (χ3v) is 1.77. The van der Waals surface area contributed by atoms with Crippen LogP contribution in [0.25, 0.3) is 0 Å². The van der Waals surface area contributed by atoms with Crippen LogP contribution in [0.15, 0.2) is 12.5 Å². The molecule has 1 aromatic rings. The largest absolute Gasteiger partial charge is 0.378 e. The fraction of sp³-hybridized carbons (Fsp3) is 0.571. The summed E-state index contributed by atoms with van der Waals surface area (Å²) < 4.78 is 5.02. The minimum Gasteiger partial charge on any atom is -0.378 e. The summed E-state index contributed by atoms with van der Waals surface area (Å²) in [5.41, 5.74) is 1.12. The first-order valence-corrected chi connectivity index (χ1v) is 3.73. The first kappa shape index (κ1) is 6.82. The Kier molecular flexibility index (Phi) is 1.87. The highest BCUT2D eigenvalue weighted by Crippen LogP contribution is 2.00. The van der Waals surface area contributed by atoms with Crippen LogP contribution in [0.5, 0.6) is 0 Å². The van der Waals surface area contributed by atoms with Crippen molar-refractivity contribution in [3.8, 4) is 0 Å². The van der Waals surface area contributed by atoms with Gasteiger partial charge in [-0.25, -0.2) is 4.98 Å². The number of imidazole rings is 1. The predicted octanol–water partition coefficient (Wildman–Crippen LogP) is -0.102. The standard InChI is InChI=1S/C7H11N3O/c1-6(10-5-8-1)2-9-7-3-11-4-7/h1,5,7,9H,2-4H2,(H,8,10). The normalized spacial score (nSPS) is 18.2. The maximum Gasteiger partial charge on any atom is 0.0922 e. The van der Waals surface area contributed by atoms with E-state index in [4.69, 9.17) is 4.74 Å². The van der Waals surface area contributed by atoms with Crippen LogP contribution in [0.3, 0.4) is 0 Å². The summed E-state index contributed by atoms with van der Waals surface area (Å²) in [5, 5.41) is 3.33. The summed E-state index contributed by atoms with van der Waals surface area (Å²) in [4.78, 5) is 6.94. The van der Waals surface area contributed by atoms with Gasteiger partial charge in [0.05, 0.1) is 25.6 Å². The second-order valence-corrected chi connectivity index (χ2v) is 2.69. The molecule has 1 aliphatic rings.